The van der Waals surface area contributed by atoms with Crippen molar-refractivity contribution in [2.75, 3.05) is 38.5 Å². The van der Waals surface area contributed by atoms with Crippen LogP contribution in [0.2, 0.25) is 5.02 Å². The minimum absolute atomic E-state index is 0.154. The highest BCUT2D eigenvalue weighted by atomic mass is 35.5. The minimum atomic E-state index is 0.154. The topological polar surface area (TPSA) is 48.5 Å². The van der Waals surface area contributed by atoms with Gasteiger partial charge in [0.15, 0.2) is 0 Å². The van der Waals surface area contributed by atoms with E-state index >= 15 is 0 Å². The number of halogens is 1. The predicted molar refractivity (Wildman–Crippen MR) is 80.9 cm³/mol. The number of anilines is 1. The molecule has 6 heteroatoms. The second kappa shape index (κ2) is 6.90. The van der Waals surface area contributed by atoms with Crippen molar-refractivity contribution in [2.24, 2.45) is 0 Å². The Morgan fingerprint density at radius 1 is 1.40 bits per heavy atom. The highest BCUT2D eigenvalue weighted by Gasteiger charge is 2.20. The van der Waals surface area contributed by atoms with Crippen LogP contribution in [0.15, 0.2) is 12.1 Å². The summed E-state index contributed by atoms with van der Waals surface area (Å²) in [6.07, 6.45) is 0.979. The molecule has 0 bridgehead atoms. The molecule has 0 aromatic carbocycles. The Hall–Kier alpha value is -1.33. The predicted octanol–water partition coefficient (Wildman–Crippen LogP) is 1.83. The molecule has 0 saturated carbocycles. The van der Waals surface area contributed by atoms with Crippen LogP contribution in [0.3, 0.4) is 0 Å². The third-order valence-corrected chi connectivity index (χ3v) is 3.75. The summed E-state index contributed by atoms with van der Waals surface area (Å²) in [7, 11) is 1.85. The van der Waals surface area contributed by atoms with E-state index in [0.29, 0.717) is 18.1 Å². The minimum Gasteiger partial charge on any atom is -0.370 e. The van der Waals surface area contributed by atoms with Crippen molar-refractivity contribution in [3.63, 3.8) is 0 Å². The number of hydrogen-bond acceptors (Lipinski definition) is 4. The molecule has 1 aromatic rings. The van der Waals surface area contributed by atoms with Gasteiger partial charge in [-0.25, -0.2) is 4.98 Å². The highest BCUT2D eigenvalue weighted by molar-refractivity contribution is 6.31. The monoisotopic (exact) mass is 296 g/mol. The normalized spacial score (nSPS) is 17.1. The van der Waals surface area contributed by atoms with Crippen molar-refractivity contribution in [3.05, 3.63) is 22.8 Å². The summed E-state index contributed by atoms with van der Waals surface area (Å²) in [6.45, 7) is 5.59. The lowest BCUT2D eigenvalue weighted by atomic mass is 10.3. The molecule has 0 spiro atoms. The summed E-state index contributed by atoms with van der Waals surface area (Å²) in [6, 6.07) is 3.73. The molecule has 1 saturated heterocycles. The Labute approximate surface area is 124 Å². The fourth-order valence-corrected chi connectivity index (χ4v) is 2.43. The van der Waals surface area contributed by atoms with Gasteiger partial charge in [0.25, 0.3) is 0 Å². The molecular weight excluding hydrogens is 276 g/mol. The molecule has 1 aliphatic heterocycles. The van der Waals surface area contributed by atoms with Crippen molar-refractivity contribution in [3.8, 4) is 0 Å². The molecule has 1 fully saturated rings. The lowest BCUT2D eigenvalue weighted by Gasteiger charge is -2.19. The average Bonchev–Trinajstić information content (AvgIpc) is 2.56. The van der Waals surface area contributed by atoms with E-state index in [1.165, 1.54) is 0 Å². The number of nitrogens with zero attached hydrogens (tertiary/aromatic N) is 3. The molecule has 2 heterocycles. The second-order valence-corrected chi connectivity index (χ2v) is 5.44. The maximum atomic E-state index is 11.9. The van der Waals surface area contributed by atoms with Crippen molar-refractivity contribution < 1.29 is 4.79 Å². The Bertz CT molecular complexity index is 480. The van der Waals surface area contributed by atoms with Gasteiger partial charge in [-0.3, -0.25) is 9.69 Å². The maximum absolute atomic E-state index is 11.9. The Morgan fingerprint density at radius 2 is 2.20 bits per heavy atom. The first kappa shape index (κ1) is 15.1. The lowest BCUT2D eigenvalue weighted by molar-refractivity contribution is -0.130. The van der Waals surface area contributed by atoms with Crippen LogP contribution in [-0.4, -0.2) is 53.9 Å². The van der Waals surface area contributed by atoms with E-state index in [-0.39, 0.29) is 5.91 Å². The number of aromatic nitrogens is 1. The zero-order valence-electron chi connectivity index (χ0n) is 12.0. The van der Waals surface area contributed by atoms with Crippen LogP contribution in [0.1, 0.15) is 19.0 Å². The summed E-state index contributed by atoms with van der Waals surface area (Å²) in [5.41, 5.74) is 0.822. The summed E-state index contributed by atoms with van der Waals surface area (Å²) >= 11 is 6.21. The smallest absolute Gasteiger partial charge is 0.236 e. The van der Waals surface area contributed by atoms with Crippen LogP contribution in [0.25, 0.3) is 0 Å². The number of likely N-dealkylation sites (N-methyl/N-ethyl adjacent to an activating group) is 1. The number of nitrogens with one attached hydrogen (secondary N) is 1. The first-order valence-electron chi connectivity index (χ1n) is 6.95. The number of carbonyl (C=O) groups excluding carboxylic acids is 1. The van der Waals surface area contributed by atoms with Gasteiger partial charge >= 0.3 is 0 Å². The molecule has 1 aliphatic rings. The van der Waals surface area contributed by atoms with E-state index in [4.69, 9.17) is 11.6 Å². The van der Waals surface area contributed by atoms with Gasteiger partial charge in [-0.1, -0.05) is 11.6 Å². The molecule has 1 N–H and O–H groups in total. The Kier molecular flexibility index (Phi) is 5.20. The maximum Gasteiger partial charge on any atom is 0.236 e. The first-order valence-corrected chi connectivity index (χ1v) is 7.33. The van der Waals surface area contributed by atoms with Gasteiger partial charge in [-0.05, 0) is 25.5 Å². The third-order valence-electron chi connectivity index (χ3n) is 3.40. The van der Waals surface area contributed by atoms with Crippen LogP contribution < -0.4 is 5.32 Å². The van der Waals surface area contributed by atoms with Crippen LogP contribution in [0.4, 0.5) is 5.82 Å². The van der Waals surface area contributed by atoms with Crippen molar-refractivity contribution >= 4 is 23.3 Å². The zero-order chi connectivity index (χ0) is 14.5. The second-order valence-electron chi connectivity index (χ2n) is 5.03. The number of hydrogen-bond donors (Lipinski definition) is 1. The molecule has 0 unspecified atom stereocenters. The molecule has 2 rings (SSSR count). The third kappa shape index (κ3) is 3.84. The molecule has 110 valence electrons. The van der Waals surface area contributed by atoms with Gasteiger partial charge in [-0.15, -0.1) is 0 Å². The first-order chi connectivity index (χ1) is 9.60. The Morgan fingerprint density at radius 3 is 2.95 bits per heavy atom. The van der Waals surface area contributed by atoms with Gasteiger partial charge in [0.2, 0.25) is 5.91 Å². The fourth-order valence-electron chi connectivity index (χ4n) is 2.27. The van der Waals surface area contributed by atoms with Gasteiger partial charge in [0, 0.05) is 33.2 Å². The molecule has 0 radical (unpaired) electrons. The van der Waals surface area contributed by atoms with Gasteiger partial charge in [0.05, 0.1) is 17.3 Å². The van der Waals surface area contributed by atoms with Crippen molar-refractivity contribution in [1.82, 2.24) is 14.8 Å². The summed E-state index contributed by atoms with van der Waals surface area (Å²) in [4.78, 5) is 20.3. The van der Waals surface area contributed by atoms with Crippen LogP contribution >= 0.6 is 11.6 Å². The van der Waals surface area contributed by atoms with Crippen LogP contribution in [0.5, 0.6) is 0 Å². The molecule has 1 aromatic heterocycles. The molecule has 1 amide bonds. The van der Waals surface area contributed by atoms with E-state index in [1.54, 1.807) is 4.90 Å². The average molecular weight is 297 g/mol. The van der Waals surface area contributed by atoms with Gasteiger partial charge in [0.1, 0.15) is 5.82 Å². The molecular formula is C14H21ClN4O. The number of rotatable bonds is 4. The number of carbonyl (C=O) groups is 1. The zero-order valence-corrected chi connectivity index (χ0v) is 12.8. The van der Waals surface area contributed by atoms with Gasteiger partial charge < -0.3 is 10.2 Å². The fraction of sp³-hybridized carbons (Fsp3) is 0.571. The number of pyridine rings is 1. The van der Waals surface area contributed by atoms with Gasteiger partial charge in [-0.2, -0.15) is 0 Å². The van der Waals surface area contributed by atoms with E-state index in [0.717, 1.165) is 37.6 Å². The van der Waals surface area contributed by atoms with Crippen molar-refractivity contribution in [1.29, 1.82) is 0 Å². The van der Waals surface area contributed by atoms with E-state index in [2.05, 4.69) is 15.2 Å². The summed E-state index contributed by atoms with van der Waals surface area (Å²) < 4.78 is 0. The molecule has 5 nitrogen and oxygen atoms in total. The van der Waals surface area contributed by atoms with Crippen molar-refractivity contribution in [2.45, 2.75) is 19.9 Å². The van der Waals surface area contributed by atoms with Crippen LogP contribution in [0, 0.1) is 0 Å². The standard InChI is InChI=1S/C14H21ClN4O/c1-3-16-13-6-5-11(15)12(17-13)9-19-8-4-7-18(2)14(20)10-19/h5-6H,3-4,7-10H2,1-2H3,(H,16,17). The highest BCUT2D eigenvalue weighted by Crippen LogP contribution is 2.19. The lowest BCUT2D eigenvalue weighted by Crippen LogP contribution is -2.34. The molecule has 0 aliphatic carbocycles. The SMILES string of the molecule is CCNc1ccc(Cl)c(CN2CCCN(C)C(=O)C2)n1. The summed E-state index contributed by atoms with van der Waals surface area (Å²) in [5, 5.41) is 3.83. The van der Waals surface area contributed by atoms with E-state index in [9.17, 15) is 4.79 Å². The van der Waals surface area contributed by atoms with E-state index < -0.39 is 0 Å². The molecule has 20 heavy (non-hydrogen) atoms. The summed E-state index contributed by atoms with van der Waals surface area (Å²) in [5.74, 6) is 0.978. The van der Waals surface area contributed by atoms with E-state index in [1.807, 2.05) is 26.1 Å². The quantitative estimate of drug-likeness (QED) is 0.921. The largest absolute Gasteiger partial charge is 0.370 e. The Balaban J connectivity index is 2.08. The van der Waals surface area contributed by atoms with Crippen LogP contribution in [-0.2, 0) is 11.3 Å². The number of amides is 1. The molecule has 0 atom stereocenters.